The zero-order chi connectivity index (χ0) is 37.7. The number of nitrogens with one attached hydrogen (secondary N) is 4. The van der Waals surface area contributed by atoms with Gasteiger partial charge >= 0.3 is 0 Å². The second-order valence-corrected chi connectivity index (χ2v) is 12.7. The highest BCUT2D eigenvalue weighted by Crippen LogP contribution is 2.31. The van der Waals surface area contributed by atoms with Gasteiger partial charge < -0.3 is 44.2 Å². The first-order valence-electron chi connectivity index (χ1n) is 16.5. The fourth-order valence-corrected chi connectivity index (χ4v) is 5.58. The molecule has 1 aliphatic carbocycles. The lowest BCUT2D eigenvalue weighted by atomic mass is 9.83. The molecule has 4 atom stereocenters. The van der Waals surface area contributed by atoms with Crippen molar-refractivity contribution in [2.45, 2.75) is 50.9 Å². The first-order valence-corrected chi connectivity index (χ1v) is 16.5. The summed E-state index contributed by atoms with van der Waals surface area (Å²) >= 11 is 0. The van der Waals surface area contributed by atoms with Crippen LogP contribution in [0.4, 0.5) is 22.7 Å². The zero-order valence-corrected chi connectivity index (χ0v) is 28.6. The molecule has 5 rings (SSSR count). The quantitative estimate of drug-likeness (QED) is 0.0872. The molecule has 4 amide bonds. The topological polar surface area (TPSA) is 255 Å². The van der Waals surface area contributed by atoms with E-state index in [1.54, 1.807) is 48.5 Å². The molecule has 4 aromatic rings. The van der Waals surface area contributed by atoms with Gasteiger partial charge in [-0.1, -0.05) is 24.3 Å². The number of rotatable bonds is 12. The third kappa shape index (κ3) is 8.67. The Morgan fingerprint density at radius 2 is 0.865 bits per heavy atom. The van der Waals surface area contributed by atoms with E-state index in [1.165, 1.54) is 50.2 Å². The largest absolute Gasteiger partial charge is 0.399 e. The van der Waals surface area contributed by atoms with Gasteiger partial charge in [-0.2, -0.15) is 0 Å². The van der Waals surface area contributed by atoms with Crippen molar-refractivity contribution in [1.29, 1.82) is 0 Å². The van der Waals surface area contributed by atoms with Crippen LogP contribution in [0.3, 0.4) is 0 Å². The van der Waals surface area contributed by atoms with Crippen molar-refractivity contribution in [1.82, 2.24) is 10.6 Å². The summed E-state index contributed by atoms with van der Waals surface area (Å²) in [4.78, 5) is 78.1. The Balaban J connectivity index is 1.17. The van der Waals surface area contributed by atoms with E-state index in [2.05, 4.69) is 21.3 Å². The van der Waals surface area contributed by atoms with Crippen molar-refractivity contribution >= 4 is 57.9 Å². The summed E-state index contributed by atoms with van der Waals surface area (Å²) < 4.78 is 0. The molecule has 0 saturated heterocycles. The smallest absolute Gasteiger partial charge is 0.246 e. The molecule has 14 heteroatoms. The minimum Gasteiger partial charge on any atom is -0.399 e. The first-order chi connectivity index (χ1) is 24.7. The molecule has 12 N–H and O–H groups in total. The molecule has 52 heavy (non-hydrogen) atoms. The molecule has 0 heterocycles. The Kier molecular flexibility index (Phi) is 11.1. The predicted molar refractivity (Wildman–Crippen MR) is 197 cm³/mol. The van der Waals surface area contributed by atoms with E-state index in [1.807, 2.05) is 0 Å². The number of nitrogen functional groups attached to an aromatic ring is 2. The van der Waals surface area contributed by atoms with Crippen molar-refractivity contribution in [3.05, 3.63) is 118 Å². The van der Waals surface area contributed by atoms with E-state index in [4.69, 9.17) is 22.9 Å². The van der Waals surface area contributed by atoms with E-state index < -0.39 is 59.4 Å². The summed E-state index contributed by atoms with van der Waals surface area (Å²) in [6.07, 6.45) is 0.492. The third-order valence-corrected chi connectivity index (χ3v) is 8.60. The molecule has 268 valence electrons. The van der Waals surface area contributed by atoms with E-state index in [-0.39, 0.29) is 46.5 Å². The van der Waals surface area contributed by atoms with Gasteiger partial charge in [0, 0.05) is 45.0 Å². The second kappa shape index (κ2) is 15.7. The highest BCUT2D eigenvalue weighted by Gasteiger charge is 2.31. The molecule has 0 aromatic heterocycles. The third-order valence-electron chi connectivity index (χ3n) is 8.60. The van der Waals surface area contributed by atoms with Crippen molar-refractivity contribution < 1.29 is 28.8 Å². The molecule has 4 aromatic carbocycles. The van der Waals surface area contributed by atoms with Crippen molar-refractivity contribution in [3.8, 4) is 0 Å². The molecular formula is C38H40N8O6. The summed E-state index contributed by atoms with van der Waals surface area (Å²) in [6.45, 7) is 2.99. The Morgan fingerprint density at radius 1 is 0.519 bits per heavy atom. The summed E-state index contributed by atoms with van der Waals surface area (Å²) in [6, 6.07) is 18.8. The van der Waals surface area contributed by atoms with Gasteiger partial charge in [-0.15, -0.1) is 0 Å². The second-order valence-electron chi connectivity index (χ2n) is 12.7. The van der Waals surface area contributed by atoms with E-state index in [9.17, 15) is 28.8 Å². The monoisotopic (exact) mass is 704 g/mol. The average molecular weight is 705 g/mol. The van der Waals surface area contributed by atoms with Gasteiger partial charge in [-0.3, -0.25) is 28.8 Å². The number of hydrogen-bond donors (Lipinski definition) is 8. The Labute approximate surface area is 299 Å². The van der Waals surface area contributed by atoms with Gasteiger partial charge in [0.25, 0.3) is 0 Å². The molecule has 0 spiro atoms. The molecule has 0 radical (unpaired) electrons. The van der Waals surface area contributed by atoms with Crippen LogP contribution in [0.1, 0.15) is 56.8 Å². The van der Waals surface area contributed by atoms with Crippen molar-refractivity contribution in [2.24, 2.45) is 11.5 Å². The van der Waals surface area contributed by atoms with Crippen LogP contribution in [-0.2, 0) is 32.0 Å². The van der Waals surface area contributed by atoms with Crippen LogP contribution >= 0.6 is 0 Å². The fourth-order valence-electron chi connectivity index (χ4n) is 5.58. The normalized spacial score (nSPS) is 14.2. The summed E-state index contributed by atoms with van der Waals surface area (Å²) in [5.74, 6) is -3.07. The highest BCUT2D eigenvalue weighted by molar-refractivity contribution is 6.29. The van der Waals surface area contributed by atoms with Crippen LogP contribution in [0.5, 0.6) is 0 Å². The van der Waals surface area contributed by atoms with Crippen molar-refractivity contribution in [3.63, 3.8) is 0 Å². The highest BCUT2D eigenvalue weighted by atomic mass is 16.2. The Bertz CT molecular complexity index is 1900. The van der Waals surface area contributed by atoms with Gasteiger partial charge in [0.15, 0.2) is 11.6 Å². The van der Waals surface area contributed by atoms with Gasteiger partial charge in [0.05, 0.1) is 12.1 Å². The van der Waals surface area contributed by atoms with E-state index in [0.717, 1.165) is 11.1 Å². The molecule has 0 bridgehead atoms. The maximum absolute atomic E-state index is 13.5. The van der Waals surface area contributed by atoms with Crippen LogP contribution < -0.4 is 44.2 Å². The predicted octanol–water partition coefficient (Wildman–Crippen LogP) is 1.65. The SMILES string of the molecule is C[C@H](NC(=O)C(N)Cc1ccc(N)cc1)C(=O)Nc1ccc2c(c1)C(=O)c1ccc(NC(=O)[C@H](C)NC(=O)C(N)Cc3ccc(N)cc3)cc1C2=O. The molecule has 0 fully saturated rings. The summed E-state index contributed by atoms with van der Waals surface area (Å²) in [5.41, 5.74) is 27.2. The van der Waals surface area contributed by atoms with Gasteiger partial charge in [-0.05, 0) is 98.5 Å². The minimum atomic E-state index is -0.963. The van der Waals surface area contributed by atoms with Gasteiger partial charge in [0.1, 0.15) is 12.1 Å². The number of ketones is 2. The average Bonchev–Trinajstić information content (AvgIpc) is 3.12. The molecule has 2 unspecified atom stereocenters. The summed E-state index contributed by atoms with van der Waals surface area (Å²) in [7, 11) is 0. The lowest BCUT2D eigenvalue weighted by Crippen LogP contribution is -2.49. The number of amides is 4. The molecule has 14 nitrogen and oxygen atoms in total. The fraction of sp³-hybridized carbons (Fsp3) is 0.211. The van der Waals surface area contributed by atoms with E-state index in [0.29, 0.717) is 11.4 Å². The van der Waals surface area contributed by atoms with Crippen LogP contribution in [0.25, 0.3) is 0 Å². The number of hydrogen-bond acceptors (Lipinski definition) is 10. The van der Waals surface area contributed by atoms with Gasteiger partial charge in [-0.25, -0.2) is 0 Å². The molecule has 1 aliphatic rings. The number of carbonyl (C=O) groups is 6. The minimum absolute atomic E-state index is 0.0842. The van der Waals surface area contributed by atoms with E-state index >= 15 is 0 Å². The lowest BCUT2D eigenvalue weighted by Gasteiger charge is -2.21. The lowest BCUT2D eigenvalue weighted by molar-refractivity contribution is -0.127. The molecule has 0 saturated carbocycles. The van der Waals surface area contributed by atoms with Gasteiger partial charge in [0.2, 0.25) is 23.6 Å². The summed E-state index contributed by atoms with van der Waals surface area (Å²) in [5, 5.41) is 10.5. The maximum Gasteiger partial charge on any atom is 0.246 e. The Morgan fingerprint density at radius 3 is 1.21 bits per heavy atom. The number of benzene rings is 4. The number of anilines is 4. The van der Waals surface area contributed by atoms with Crippen molar-refractivity contribution in [2.75, 3.05) is 22.1 Å². The standard InChI is InChI=1S/C38H40N8O6/c1-19(43-37(51)31(41)15-21-3-7-23(39)8-4-21)35(49)45-25-11-13-27-29(17-25)33(47)28-14-12-26(18-30(28)34(27)48)46-36(50)20(2)44-38(52)32(42)16-22-5-9-24(40)10-6-22/h3-14,17-20,31-32H,15-16,39-42H2,1-2H3,(H,43,51)(H,44,52)(H,45,49)(H,46,50)/t19-,20-,31?,32?/m0/s1. The van der Waals surface area contributed by atoms with Crippen LogP contribution in [0, 0.1) is 0 Å². The maximum atomic E-state index is 13.5. The first kappa shape index (κ1) is 36.9. The van der Waals surface area contributed by atoms with Crippen LogP contribution in [-0.4, -0.2) is 59.4 Å². The van der Waals surface area contributed by atoms with Crippen LogP contribution in [0.15, 0.2) is 84.9 Å². The zero-order valence-electron chi connectivity index (χ0n) is 28.6. The molecule has 0 aliphatic heterocycles. The van der Waals surface area contributed by atoms with Crippen LogP contribution in [0.2, 0.25) is 0 Å². The number of carbonyl (C=O) groups excluding carboxylic acids is 6. The molecular weight excluding hydrogens is 664 g/mol. The number of nitrogens with two attached hydrogens (primary N) is 4. The Hall–Kier alpha value is -6.38. The number of fused-ring (bicyclic) bond motifs is 2.